The molecule has 2 N–H and O–H groups in total. The van der Waals surface area contributed by atoms with Gasteiger partial charge in [0, 0.05) is 21.9 Å². The zero-order chi connectivity index (χ0) is 15.0. The minimum Gasteiger partial charge on any atom is -0.304 e. The predicted molar refractivity (Wildman–Crippen MR) is 87.1 cm³/mol. The lowest BCUT2D eigenvalue weighted by atomic mass is 9.92. The van der Waals surface area contributed by atoms with Crippen LogP contribution in [0.5, 0.6) is 0 Å². The Hall–Kier alpha value is -2.14. The summed E-state index contributed by atoms with van der Waals surface area (Å²) in [4.78, 5) is 13.0. The highest BCUT2D eigenvalue weighted by Crippen LogP contribution is 2.26. The van der Waals surface area contributed by atoms with Gasteiger partial charge in [-0.3, -0.25) is 9.89 Å². The molecule has 1 amide bonds. The maximum Gasteiger partial charge on any atom is 0.266 e. The summed E-state index contributed by atoms with van der Waals surface area (Å²) >= 11 is 1.49. The zero-order valence-corrected chi connectivity index (χ0v) is 13.0. The number of amides is 1. The van der Waals surface area contributed by atoms with Gasteiger partial charge in [-0.15, -0.1) is 11.3 Å². The number of H-pyrrole nitrogens is 1. The van der Waals surface area contributed by atoms with E-state index < -0.39 is 0 Å². The number of thiophene rings is 1. The molecular weight excluding hydrogens is 282 g/mol. The van der Waals surface area contributed by atoms with E-state index >= 15 is 0 Å². The van der Waals surface area contributed by atoms with Crippen LogP contribution in [0.3, 0.4) is 0 Å². The number of rotatable bonds is 2. The molecule has 5 heteroatoms. The summed E-state index contributed by atoms with van der Waals surface area (Å²) < 4.78 is 1.11. The van der Waals surface area contributed by atoms with Crippen LogP contribution in [0, 0.1) is 0 Å². The van der Waals surface area contributed by atoms with Crippen LogP contribution in [0.1, 0.15) is 36.1 Å². The van der Waals surface area contributed by atoms with Gasteiger partial charge in [-0.05, 0) is 17.5 Å². The van der Waals surface area contributed by atoms with Crippen molar-refractivity contribution < 1.29 is 4.79 Å². The van der Waals surface area contributed by atoms with Gasteiger partial charge in [0.2, 0.25) is 0 Å². The Balaban J connectivity index is 1.81. The first-order chi connectivity index (χ1) is 9.93. The molecule has 21 heavy (non-hydrogen) atoms. The number of carbonyl (C=O) groups excluding carboxylic acids is 1. The summed E-state index contributed by atoms with van der Waals surface area (Å²) in [6, 6.07) is 11.8. The lowest BCUT2D eigenvalue weighted by Crippen LogP contribution is -2.11. The quantitative estimate of drug-likeness (QED) is 0.746. The molecular formula is C16H17N3OS. The van der Waals surface area contributed by atoms with Crippen LogP contribution in [0.15, 0.2) is 36.4 Å². The Morgan fingerprint density at radius 1 is 1.24 bits per heavy atom. The molecule has 0 fully saturated rings. The van der Waals surface area contributed by atoms with Crippen molar-refractivity contribution in [3.05, 3.63) is 47.0 Å². The van der Waals surface area contributed by atoms with Crippen LogP contribution < -0.4 is 5.32 Å². The standard InChI is InChI=1S/C16H17N3OS/c1-16(2,3)13-9-14(19-18-13)17-15(20)12-8-10-6-4-5-7-11(10)21-12/h4-9H,1-3H3,(H2,17,18,19,20). The third-order valence-electron chi connectivity index (χ3n) is 3.28. The maximum atomic E-state index is 12.3. The smallest absolute Gasteiger partial charge is 0.266 e. The number of benzene rings is 1. The Morgan fingerprint density at radius 3 is 2.67 bits per heavy atom. The average molecular weight is 299 g/mol. The molecule has 0 saturated heterocycles. The van der Waals surface area contributed by atoms with E-state index in [0.717, 1.165) is 15.8 Å². The largest absolute Gasteiger partial charge is 0.304 e. The molecule has 3 aromatic rings. The second-order valence-corrected chi connectivity index (χ2v) is 7.10. The van der Waals surface area contributed by atoms with Gasteiger partial charge >= 0.3 is 0 Å². The number of aromatic nitrogens is 2. The van der Waals surface area contributed by atoms with Gasteiger partial charge in [-0.25, -0.2) is 0 Å². The summed E-state index contributed by atoms with van der Waals surface area (Å²) in [6.07, 6.45) is 0. The molecule has 0 spiro atoms. The summed E-state index contributed by atoms with van der Waals surface area (Å²) in [5.41, 5.74) is 0.974. The van der Waals surface area contributed by atoms with Crippen molar-refractivity contribution in [3.8, 4) is 0 Å². The molecule has 108 valence electrons. The van der Waals surface area contributed by atoms with Crippen molar-refractivity contribution in [2.75, 3.05) is 5.32 Å². The fourth-order valence-electron chi connectivity index (χ4n) is 2.04. The molecule has 0 radical (unpaired) electrons. The van der Waals surface area contributed by atoms with Crippen LogP contribution >= 0.6 is 11.3 Å². The van der Waals surface area contributed by atoms with Crippen LogP contribution in [0.2, 0.25) is 0 Å². The molecule has 1 aromatic carbocycles. The number of anilines is 1. The topological polar surface area (TPSA) is 57.8 Å². The fourth-order valence-corrected chi connectivity index (χ4v) is 3.00. The lowest BCUT2D eigenvalue weighted by Gasteiger charge is -2.14. The number of aromatic amines is 1. The third-order valence-corrected chi connectivity index (χ3v) is 4.39. The monoisotopic (exact) mass is 299 g/mol. The van der Waals surface area contributed by atoms with Gasteiger partial charge in [0.25, 0.3) is 5.91 Å². The van der Waals surface area contributed by atoms with E-state index in [0.29, 0.717) is 10.7 Å². The van der Waals surface area contributed by atoms with Crippen molar-refractivity contribution in [1.82, 2.24) is 10.2 Å². The summed E-state index contributed by atoms with van der Waals surface area (Å²) in [5.74, 6) is 0.436. The number of nitrogens with one attached hydrogen (secondary N) is 2. The van der Waals surface area contributed by atoms with Gasteiger partial charge in [0.15, 0.2) is 5.82 Å². The molecule has 2 heterocycles. The Kier molecular flexibility index (Phi) is 3.29. The van der Waals surface area contributed by atoms with E-state index in [1.807, 2.05) is 36.4 Å². The van der Waals surface area contributed by atoms with E-state index in [1.54, 1.807) is 0 Å². The van der Waals surface area contributed by atoms with Crippen LogP contribution in [0.4, 0.5) is 5.82 Å². The molecule has 0 aliphatic rings. The van der Waals surface area contributed by atoms with E-state index in [1.165, 1.54) is 11.3 Å². The van der Waals surface area contributed by atoms with Crippen molar-refractivity contribution in [1.29, 1.82) is 0 Å². The first kappa shape index (κ1) is 13.8. The highest BCUT2D eigenvalue weighted by Gasteiger charge is 2.18. The van der Waals surface area contributed by atoms with E-state index in [-0.39, 0.29) is 11.3 Å². The molecule has 0 saturated carbocycles. The number of hydrogen-bond acceptors (Lipinski definition) is 3. The highest BCUT2D eigenvalue weighted by atomic mass is 32.1. The van der Waals surface area contributed by atoms with Crippen molar-refractivity contribution in [2.24, 2.45) is 0 Å². The highest BCUT2D eigenvalue weighted by molar-refractivity contribution is 7.20. The van der Waals surface area contributed by atoms with E-state index in [4.69, 9.17) is 0 Å². The zero-order valence-electron chi connectivity index (χ0n) is 12.2. The normalized spacial score (nSPS) is 11.8. The van der Waals surface area contributed by atoms with Crippen LogP contribution in [0.25, 0.3) is 10.1 Å². The summed E-state index contributed by atoms with van der Waals surface area (Å²) in [5, 5.41) is 11.0. The lowest BCUT2D eigenvalue weighted by molar-refractivity contribution is 0.103. The number of nitrogens with zero attached hydrogens (tertiary/aromatic N) is 1. The molecule has 0 bridgehead atoms. The van der Waals surface area contributed by atoms with E-state index in [2.05, 4.69) is 36.3 Å². The first-order valence-corrected chi connectivity index (χ1v) is 7.61. The number of carbonyl (C=O) groups is 1. The van der Waals surface area contributed by atoms with Gasteiger partial charge < -0.3 is 5.32 Å². The minimum absolute atomic E-state index is 0.0202. The second-order valence-electron chi connectivity index (χ2n) is 6.02. The summed E-state index contributed by atoms with van der Waals surface area (Å²) in [6.45, 7) is 6.29. The van der Waals surface area contributed by atoms with Crippen LogP contribution in [-0.2, 0) is 5.41 Å². The van der Waals surface area contributed by atoms with Gasteiger partial charge in [0.05, 0.1) is 4.88 Å². The van der Waals surface area contributed by atoms with Gasteiger partial charge in [-0.1, -0.05) is 39.0 Å². The summed E-state index contributed by atoms with van der Waals surface area (Å²) in [7, 11) is 0. The van der Waals surface area contributed by atoms with Crippen LogP contribution in [-0.4, -0.2) is 16.1 Å². The fraction of sp³-hybridized carbons (Fsp3) is 0.250. The molecule has 4 nitrogen and oxygen atoms in total. The maximum absolute atomic E-state index is 12.3. The predicted octanol–water partition coefficient (Wildman–Crippen LogP) is 4.17. The van der Waals surface area contributed by atoms with E-state index in [9.17, 15) is 4.79 Å². The Bertz CT molecular complexity index is 762. The van der Waals surface area contributed by atoms with Crippen molar-refractivity contribution >= 4 is 33.1 Å². The number of fused-ring (bicyclic) bond motifs is 1. The van der Waals surface area contributed by atoms with Gasteiger partial charge in [0.1, 0.15) is 0 Å². The molecule has 0 aliphatic heterocycles. The molecule has 2 aromatic heterocycles. The second kappa shape index (κ2) is 5.00. The molecule has 0 atom stereocenters. The first-order valence-electron chi connectivity index (χ1n) is 6.79. The Labute approximate surface area is 127 Å². The number of hydrogen-bond donors (Lipinski definition) is 2. The molecule has 0 unspecified atom stereocenters. The molecule has 3 rings (SSSR count). The SMILES string of the molecule is CC(C)(C)c1cc(NC(=O)c2cc3ccccc3s2)n[nH]1. The van der Waals surface area contributed by atoms with Gasteiger partial charge in [-0.2, -0.15) is 5.10 Å². The molecule has 0 aliphatic carbocycles. The Morgan fingerprint density at radius 2 is 2.00 bits per heavy atom. The minimum atomic E-state index is -0.122. The van der Waals surface area contributed by atoms with Crippen molar-refractivity contribution in [2.45, 2.75) is 26.2 Å². The third kappa shape index (κ3) is 2.83. The van der Waals surface area contributed by atoms with Crippen molar-refractivity contribution in [3.63, 3.8) is 0 Å². The average Bonchev–Trinajstić information content (AvgIpc) is 3.03.